The Hall–Kier alpha value is -4.25. The van der Waals surface area contributed by atoms with Crippen LogP contribution in [0.4, 0.5) is 10.1 Å². The third-order valence-corrected chi connectivity index (χ3v) is 6.37. The summed E-state index contributed by atoms with van der Waals surface area (Å²) in [5.41, 5.74) is 0.519. The highest BCUT2D eigenvalue weighted by Crippen LogP contribution is 2.27. The van der Waals surface area contributed by atoms with Gasteiger partial charge in [-0.25, -0.2) is 9.18 Å². The number of halogens is 1. The number of carbonyl (C=O) groups is 1. The molecule has 5 rings (SSSR count). The number of aromatic carboxylic acids is 1. The summed E-state index contributed by atoms with van der Waals surface area (Å²) in [6.07, 6.45) is 1.31. The number of anilines is 1. The lowest BCUT2D eigenvalue weighted by Gasteiger charge is -2.35. The van der Waals surface area contributed by atoms with Crippen LogP contribution in [0.3, 0.4) is 0 Å². The van der Waals surface area contributed by atoms with Gasteiger partial charge in [0.1, 0.15) is 17.1 Å². The number of phenolic OH excluding ortho intramolecular Hbond substituents is 1. The number of nitrogens with zero attached hydrogens (tertiary/aromatic N) is 5. The molecule has 0 aliphatic carbocycles. The standard InChI is InChI=1S/C25H24FN5O5/c1-2-30-13-18(25(34)35)23(33)17-11-19(26)21(12-20(17)30)31-9-7-29(8-10-31)14-22-27-28-24(36-22)15-3-5-16(32)6-4-15/h3-6,11-13,32H,2,7-10,14H2,1H3,(H,34,35). The van der Waals surface area contributed by atoms with Gasteiger partial charge in [0.2, 0.25) is 17.2 Å². The number of aromatic nitrogens is 3. The van der Waals surface area contributed by atoms with E-state index in [0.29, 0.717) is 67.8 Å². The molecule has 0 saturated carbocycles. The van der Waals surface area contributed by atoms with Crippen molar-refractivity contribution in [3.8, 4) is 17.2 Å². The molecule has 0 atom stereocenters. The molecule has 3 heterocycles. The fourth-order valence-electron chi connectivity index (χ4n) is 4.43. The molecule has 1 saturated heterocycles. The van der Waals surface area contributed by atoms with Crippen molar-refractivity contribution >= 4 is 22.6 Å². The molecule has 36 heavy (non-hydrogen) atoms. The van der Waals surface area contributed by atoms with Gasteiger partial charge in [0, 0.05) is 49.9 Å². The number of hydrogen-bond acceptors (Lipinski definition) is 8. The van der Waals surface area contributed by atoms with E-state index in [2.05, 4.69) is 15.1 Å². The van der Waals surface area contributed by atoms with Gasteiger partial charge in [-0.05, 0) is 43.3 Å². The number of pyridine rings is 1. The minimum Gasteiger partial charge on any atom is -0.508 e. The van der Waals surface area contributed by atoms with E-state index in [-0.39, 0.29) is 16.7 Å². The van der Waals surface area contributed by atoms with Crippen molar-refractivity contribution in [2.45, 2.75) is 20.0 Å². The Morgan fingerprint density at radius 1 is 1.11 bits per heavy atom. The highest BCUT2D eigenvalue weighted by Gasteiger charge is 2.23. The number of piperazine rings is 1. The van der Waals surface area contributed by atoms with E-state index in [9.17, 15) is 19.8 Å². The second-order valence-electron chi connectivity index (χ2n) is 8.59. The molecule has 0 bridgehead atoms. The maximum Gasteiger partial charge on any atom is 0.341 e. The van der Waals surface area contributed by atoms with Crippen molar-refractivity contribution in [3.05, 3.63) is 70.1 Å². The lowest BCUT2D eigenvalue weighted by Crippen LogP contribution is -2.46. The average Bonchev–Trinajstić information content (AvgIpc) is 3.33. The summed E-state index contributed by atoms with van der Waals surface area (Å²) in [5.74, 6) is -0.906. The number of carboxylic acids is 1. The van der Waals surface area contributed by atoms with Crippen LogP contribution in [-0.4, -0.2) is 62.0 Å². The maximum atomic E-state index is 15.1. The topological polar surface area (TPSA) is 125 Å². The number of hydrogen-bond donors (Lipinski definition) is 2. The van der Waals surface area contributed by atoms with Crippen LogP contribution < -0.4 is 10.3 Å². The van der Waals surface area contributed by atoms with Crippen LogP contribution in [0.15, 0.2) is 51.8 Å². The molecule has 11 heteroatoms. The second-order valence-corrected chi connectivity index (χ2v) is 8.59. The Bertz CT molecular complexity index is 1490. The quantitative estimate of drug-likeness (QED) is 0.417. The van der Waals surface area contributed by atoms with Crippen molar-refractivity contribution in [3.63, 3.8) is 0 Å². The van der Waals surface area contributed by atoms with Gasteiger partial charge in [-0.2, -0.15) is 0 Å². The second kappa shape index (κ2) is 9.42. The summed E-state index contributed by atoms with van der Waals surface area (Å²) < 4.78 is 22.5. The first-order chi connectivity index (χ1) is 17.3. The summed E-state index contributed by atoms with van der Waals surface area (Å²) in [6, 6.07) is 9.26. The smallest absolute Gasteiger partial charge is 0.341 e. The number of carboxylic acid groups (broad SMARTS) is 1. The van der Waals surface area contributed by atoms with Crippen LogP contribution >= 0.6 is 0 Å². The van der Waals surface area contributed by atoms with E-state index >= 15 is 4.39 Å². The Labute approximate surface area is 204 Å². The molecule has 0 radical (unpaired) electrons. The third-order valence-electron chi connectivity index (χ3n) is 6.37. The van der Waals surface area contributed by atoms with Gasteiger partial charge in [-0.1, -0.05) is 0 Å². The summed E-state index contributed by atoms with van der Waals surface area (Å²) in [7, 11) is 0. The molecule has 2 N–H and O–H groups in total. The molecule has 2 aromatic heterocycles. The number of aromatic hydroxyl groups is 1. The van der Waals surface area contributed by atoms with Crippen LogP contribution in [0.2, 0.25) is 0 Å². The van der Waals surface area contributed by atoms with E-state index in [1.807, 2.05) is 11.8 Å². The molecule has 1 aliphatic heterocycles. The Kier molecular flexibility index (Phi) is 6.15. The van der Waals surface area contributed by atoms with E-state index in [0.717, 1.165) is 6.07 Å². The zero-order valence-electron chi connectivity index (χ0n) is 19.5. The van der Waals surface area contributed by atoms with Crippen molar-refractivity contribution in [2.75, 3.05) is 31.1 Å². The first-order valence-electron chi connectivity index (χ1n) is 11.5. The van der Waals surface area contributed by atoms with Crippen molar-refractivity contribution in [2.24, 2.45) is 0 Å². The van der Waals surface area contributed by atoms with Crippen LogP contribution in [-0.2, 0) is 13.1 Å². The molecule has 1 aliphatic rings. The number of fused-ring (bicyclic) bond motifs is 1. The predicted octanol–water partition coefficient (Wildman–Crippen LogP) is 2.94. The van der Waals surface area contributed by atoms with E-state index in [1.165, 1.54) is 6.20 Å². The Morgan fingerprint density at radius 3 is 2.50 bits per heavy atom. The molecule has 0 spiro atoms. The maximum absolute atomic E-state index is 15.1. The Balaban J connectivity index is 1.31. The number of phenols is 1. The summed E-state index contributed by atoms with van der Waals surface area (Å²) >= 11 is 0. The summed E-state index contributed by atoms with van der Waals surface area (Å²) in [4.78, 5) is 28.1. The molecule has 10 nitrogen and oxygen atoms in total. The molecule has 0 amide bonds. The monoisotopic (exact) mass is 493 g/mol. The number of benzene rings is 2. The van der Waals surface area contributed by atoms with Gasteiger partial charge in [0.05, 0.1) is 17.7 Å². The van der Waals surface area contributed by atoms with Gasteiger partial charge in [0.15, 0.2) is 0 Å². The number of aryl methyl sites for hydroxylation is 1. The lowest BCUT2D eigenvalue weighted by molar-refractivity contribution is 0.0695. The minimum absolute atomic E-state index is 0.0532. The molecular weight excluding hydrogens is 469 g/mol. The molecule has 186 valence electrons. The number of rotatable bonds is 6. The lowest BCUT2D eigenvalue weighted by atomic mass is 10.1. The summed E-state index contributed by atoms with van der Waals surface area (Å²) in [5, 5.41) is 27.0. The fraction of sp³-hybridized carbons (Fsp3) is 0.280. The molecule has 4 aromatic rings. The zero-order valence-corrected chi connectivity index (χ0v) is 19.5. The van der Waals surface area contributed by atoms with Gasteiger partial charge >= 0.3 is 5.97 Å². The first-order valence-corrected chi connectivity index (χ1v) is 11.5. The largest absolute Gasteiger partial charge is 0.508 e. The molecule has 2 aromatic carbocycles. The van der Waals surface area contributed by atoms with E-state index in [1.54, 1.807) is 34.9 Å². The van der Waals surface area contributed by atoms with Crippen LogP contribution in [0, 0.1) is 5.82 Å². The molecule has 1 fully saturated rings. The van der Waals surface area contributed by atoms with Crippen LogP contribution in [0.25, 0.3) is 22.4 Å². The normalized spacial score (nSPS) is 14.4. The van der Waals surface area contributed by atoms with Crippen LogP contribution in [0.5, 0.6) is 5.75 Å². The van der Waals surface area contributed by atoms with Gasteiger partial charge < -0.3 is 24.1 Å². The average molecular weight is 493 g/mol. The first kappa shape index (κ1) is 23.5. The fourth-order valence-corrected chi connectivity index (χ4v) is 4.43. The highest BCUT2D eigenvalue weighted by atomic mass is 19.1. The highest BCUT2D eigenvalue weighted by molar-refractivity contribution is 5.93. The van der Waals surface area contributed by atoms with Gasteiger partial charge in [-0.3, -0.25) is 9.69 Å². The van der Waals surface area contributed by atoms with E-state index in [4.69, 9.17) is 4.42 Å². The minimum atomic E-state index is -1.33. The SMILES string of the molecule is CCn1cc(C(=O)O)c(=O)c2cc(F)c(N3CCN(Cc4nnc(-c5ccc(O)cc5)o4)CC3)cc21. The van der Waals surface area contributed by atoms with Crippen molar-refractivity contribution < 1.29 is 23.8 Å². The van der Waals surface area contributed by atoms with E-state index < -0.39 is 17.2 Å². The zero-order chi connectivity index (χ0) is 25.4. The van der Waals surface area contributed by atoms with Gasteiger partial charge in [0.25, 0.3) is 0 Å². The predicted molar refractivity (Wildman–Crippen MR) is 130 cm³/mol. The molecular formula is C25H24FN5O5. The molecule has 0 unspecified atom stereocenters. The van der Waals surface area contributed by atoms with Gasteiger partial charge in [-0.15, -0.1) is 10.2 Å². The van der Waals surface area contributed by atoms with Crippen molar-refractivity contribution in [1.82, 2.24) is 19.7 Å². The Morgan fingerprint density at radius 2 is 1.83 bits per heavy atom. The van der Waals surface area contributed by atoms with Crippen LogP contribution in [0.1, 0.15) is 23.2 Å². The summed E-state index contributed by atoms with van der Waals surface area (Å²) in [6.45, 7) is 5.08. The van der Waals surface area contributed by atoms with Crippen molar-refractivity contribution in [1.29, 1.82) is 0 Å². The third kappa shape index (κ3) is 4.40.